The van der Waals surface area contributed by atoms with Gasteiger partial charge in [-0.3, -0.25) is 4.79 Å². The van der Waals surface area contributed by atoms with E-state index in [2.05, 4.69) is 18.7 Å². The normalized spacial score (nSPS) is 15.3. The Balaban J connectivity index is 3.77. The van der Waals surface area contributed by atoms with E-state index >= 15 is 0 Å². The van der Waals surface area contributed by atoms with Crippen LogP contribution >= 0.6 is 0 Å². The maximum Gasteiger partial charge on any atom is 0.307 e. The number of hydrogen-bond donors (Lipinski definition) is 1. The molecule has 0 heterocycles. The second kappa shape index (κ2) is 7.69. The fraction of sp³-hybridized carbons (Fsp3) is 0.917. The second-order valence-electron chi connectivity index (χ2n) is 4.52. The van der Waals surface area contributed by atoms with E-state index in [-0.39, 0.29) is 5.92 Å². The number of aliphatic carboxylic acids is 1. The van der Waals surface area contributed by atoms with Gasteiger partial charge in [0.05, 0.1) is 5.92 Å². The van der Waals surface area contributed by atoms with Crippen LogP contribution in [0.15, 0.2) is 0 Å². The summed E-state index contributed by atoms with van der Waals surface area (Å²) < 4.78 is 0. The maximum absolute atomic E-state index is 10.7. The van der Waals surface area contributed by atoms with Crippen molar-refractivity contribution in [2.24, 2.45) is 5.92 Å². The van der Waals surface area contributed by atoms with Gasteiger partial charge in [-0.05, 0) is 20.4 Å². The Morgan fingerprint density at radius 3 is 2.40 bits per heavy atom. The highest BCUT2D eigenvalue weighted by Gasteiger charge is 2.16. The number of nitrogens with zero attached hydrogens (tertiary/aromatic N) is 1. The number of hydrogen-bond acceptors (Lipinski definition) is 2. The molecule has 90 valence electrons. The molecule has 0 spiro atoms. The largest absolute Gasteiger partial charge is 0.481 e. The number of carboxylic acids is 1. The Bertz CT molecular complexity index is 182. The molecule has 0 amide bonds. The van der Waals surface area contributed by atoms with Gasteiger partial charge in [-0.1, -0.05) is 33.1 Å². The summed E-state index contributed by atoms with van der Waals surface area (Å²) in [5.74, 6) is -0.980. The molecule has 0 aromatic heterocycles. The molecule has 2 unspecified atom stereocenters. The summed E-state index contributed by atoms with van der Waals surface area (Å²) in [5, 5.41) is 8.80. The van der Waals surface area contributed by atoms with Gasteiger partial charge in [0, 0.05) is 12.6 Å². The standard InChI is InChI=1S/C12H25NO2/c1-5-6-7-8-11(3)13(4)9-10(2)12(14)15/h10-11H,5-9H2,1-4H3,(H,14,15). The van der Waals surface area contributed by atoms with Gasteiger partial charge >= 0.3 is 5.97 Å². The highest BCUT2D eigenvalue weighted by Crippen LogP contribution is 2.10. The Hall–Kier alpha value is -0.570. The Morgan fingerprint density at radius 2 is 1.93 bits per heavy atom. The average molecular weight is 215 g/mol. The second-order valence-corrected chi connectivity index (χ2v) is 4.52. The summed E-state index contributed by atoms with van der Waals surface area (Å²) in [7, 11) is 2.01. The minimum Gasteiger partial charge on any atom is -0.481 e. The van der Waals surface area contributed by atoms with Gasteiger partial charge in [0.1, 0.15) is 0 Å². The molecule has 0 radical (unpaired) electrons. The van der Waals surface area contributed by atoms with Crippen molar-refractivity contribution in [2.45, 2.75) is 52.5 Å². The monoisotopic (exact) mass is 215 g/mol. The summed E-state index contributed by atoms with van der Waals surface area (Å²) in [5.41, 5.74) is 0. The third-order valence-corrected chi connectivity index (χ3v) is 2.96. The van der Waals surface area contributed by atoms with E-state index in [4.69, 9.17) is 5.11 Å². The van der Waals surface area contributed by atoms with Crippen LogP contribution in [-0.4, -0.2) is 35.6 Å². The molecule has 0 fully saturated rings. The van der Waals surface area contributed by atoms with Gasteiger partial charge in [0.2, 0.25) is 0 Å². The third-order valence-electron chi connectivity index (χ3n) is 2.96. The maximum atomic E-state index is 10.7. The van der Waals surface area contributed by atoms with Gasteiger partial charge in [-0.15, -0.1) is 0 Å². The van der Waals surface area contributed by atoms with Gasteiger partial charge < -0.3 is 10.0 Å². The van der Waals surface area contributed by atoms with Gasteiger partial charge in [0.25, 0.3) is 0 Å². The lowest BCUT2D eigenvalue weighted by molar-refractivity contribution is -0.141. The molecule has 0 aliphatic rings. The smallest absolute Gasteiger partial charge is 0.307 e. The molecule has 1 N–H and O–H groups in total. The van der Waals surface area contributed by atoms with Crippen LogP contribution in [-0.2, 0) is 4.79 Å². The molecule has 0 saturated carbocycles. The lowest BCUT2D eigenvalue weighted by atomic mass is 10.1. The molecule has 0 aromatic rings. The molecular weight excluding hydrogens is 190 g/mol. The van der Waals surface area contributed by atoms with Crippen LogP contribution in [0.25, 0.3) is 0 Å². The van der Waals surface area contributed by atoms with Crippen molar-refractivity contribution in [3.8, 4) is 0 Å². The molecule has 0 bridgehead atoms. The minimum atomic E-state index is -0.706. The molecule has 3 heteroatoms. The predicted molar refractivity (Wildman–Crippen MR) is 63.0 cm³/mol. The van der Waals surface area contributed by atoms with E-state index < -0.39 is 5.97 Å². The highest BCUT2D eigenvalue weighted by atomic mass is 16.4. The molecular formula is C12H25NO2. The third kappa shape index (κ3) is 6.50. The van der Waals surface area contributed by atoms with Crippen LogP contribution in [0, 0.1) is 5.92 Å². The van der Waals surface area contributed by atoms with Crippen molar-refractivity contribution in [3.63, 3.8) is 0 Å². The Morgan fingerprint density at radius 1 is 1.33 bits per heavy atom. The first-order valence-electron chi connectivity index (χ1n) is 5.92. The van der Waals surface area contributed by atoms with Crippen molar-refractivity contribution in [3.05, 3.63) is 0 Å². The topological polar surface area (TPSA) is 40.5 Å². The number of rotatable bonds is 8. The summed E-state index contributed by atoms with van der Waals surface area (Å²) in [6, 6.07) is 0.485. The van der Waals surface area contributed by atoms with Gasteiger partial charge in [-0.25, -0.2) is 0 Å². The molecule has 15 heavy (non-hydrogen) atoms. The fourth-order valence-corrected chi connectivity index (χ4v) is 1.60. The van der Waals surface area contributed by atoms with E-state index in [0.29, 0.717) is 12.6 Å². The van der Waals surface area contributed by atoms with E-state index in [9.17, 15) is 4.79 Å². The highest BCUT2D eigenvalue weighted by molar-refractivity contribution is 5.69. The lowest BCUT2D eigenvalue weighted by Crippen LogP contribution is -2.35. The zero-order chi connectivity index (χ0) is 11.8. The van der Waals surface area contributed by atoms with Crippen molar-refractivity contribution >= 4 is 5.97 Å². The van der Waals surface area contributed by atoms with Crippen molar-refractivity contribution in [2.75, 3.05) is 13.6 Å². The van der Waals surface area contributed by atoms with Crippen LogP contribution < -0.4 is 0 Å². The summed E-state index contributed by atoms with van der Waals surface area (Å²) in [6.45, 7) is 6.77. The van der Waals surface area contributed by atoms with Crippen LogP contribution in [0.3, 0.4) is 0 Å². The van der Waals surface area contributed by atoms with Crippen LogP contribution in [0.2, 0.25) is 0 Å². The van der Waals surface area contributed by atoms with Gasteiger partial charge in [0.15, 0.2) is 0 Å². The Kier molecular flexibility index (Phi) is 7.39. The molecule has 0 saturated heterocycles. The fourth-order valence-electron chi connectivity index (χ4n) is 1.60. The van der Waals surface area contributed by atoms with Crippen LogP contribution in [0.4, 0.5) is 0 Å². The summed E-state index contributed by atoms with van der Waals surface area (Å²) in [4.78, 5) is 12.8. The molecule has 0 rings (SSSR count). The predicted octanol–water partition coefficient (Wildman–Crippen LogP) is 2.61. The van der Waals surface area contributed by atoms with E-state index in [1.54, 1.807) is 6.92 Å². The molecule has 2 atom stereocenters. The number of carbonyl (C=O) groups is 1. The quantitative estimate of drug-likeness (QED) is 0.633. The van der Waals surface area contributed by atoms with Crippen molar-refractivity contribution in [1.29, 1.82) is 0 Å². The first kappa shape index (κ1) is 14.4. The van der Waals surface area contributed by atoms with Gasteiger partial charge in [-0.2, -0.15) is 0 Å². The Labute approximate surface area is 93.5 Å². The summed E-state index contributed by atoms with van der Waals surface area (Å²) >= 11 is 0. The zero-order valence-corrected chi connectivity index (χ0v) is 10.5. The summed E-state index contributed by atoms with van der Waals surface area (Å²) in [6.07, 6.45) is 4.91. The zero-order valence-electron chi connectivity index (χ0n) is 10.5. The van der Waals surface area contributed by atoms with E-state index in [1.165, 1.54) is 19.3 Å². The minimum absolute atomic E-state index is 0.274. The first-order chi connectivity index (χ1) is 6.99. The van der Waals surface area contributed by atoms with Crippen molar-refractivity contribution in [1.82, 2.24) is 4.90 Å². The van der Waals surface area contributed by atoms with Crippen LogP contribution in [0.1, 0.15) is 46.5 Å². The molecule has 0 aliphatic carbocycles. The average Bonchev–Trinajstić information content (AvgIpc) is 2.17. The number of carboxylic acid groups (broad SMARTS) is 1. The molecule has 0 aliphatic heterocycles. The number of unbranched alkanes of at least 4 members (excludes halogenated alkanes) is 2. The van der Waals surface area contributed by atoms with E-state index in [1.807, 2.05) is 7.05 Å². The molecule has 3 nitrogen and oxygen atoms in total. The van der Waals surface area contributed by atoms with Crippen LogP contribution in [0.5, 0.6) is 0 Å². The van der Waals surface area contributed by atoms with E-state index in [0.717, 1.165) is 6.42 Å². The lowest BCUT2D eigenvalue weighted by Gasteiger charge is -2.26. The first-order valence-corrected chi connectivity index (χ1v) is 5.92. The van der Waals surface area contributed by atoms with Crippen molar-refractivity contribution < 1.29 is 9.90 Å². The molecule has 0 aromatic carbocycles. The SMILES string of the molecule is CCCCCC(C)N(C)CC(C)C(=O)O.